The van der Waals surface area contributed by atoms with Crippen molar-refractivity contribution in [3.63, 3.8) is 0 Å². The van der Waals surface area contributed by atoms with E-state index in [1.807, 2.05) is 0 Å². The van der Waals surface area contributed by atoms with Gasteiger partial charge in [-0.3, -0.25) is 4.79 Å². The van der Waals surface area contributed by atoms with E-state index >= 15 is 0 Å². The molecule has 8 heteroatoms. The third kappa shape index (κ3) is 4.04. The Morgan fingerprint density at radius 2 is 1.53 bits per heavy atom. The Kier molecular flexibility index (Phi) is 5.01. The molecule has 0 aliphatic carbocycles. The smallest absolute Gasteiger partial charge is 0.230 e. The summed E-state index contributed by atoms with van der Waals surface area (Å²) in [4.78, 5) is 20.9. The highest BCUT2D eigenvalue weighted by atomic mass is 32.2. The maximum absolute atomic E-state index is 13.0. The third-order valence-corrected chi connectivity index (χ3v) is 5.55. The SMILES string of the molecule is CS(=O)(=O)c1ccc2ncnc(Oc3ccc(C(=O)c4ccc(F)cc4)cc3)c2c1. The molecule has 0 N–H and O–H groups in total. The fourth-order valence-corrected chi connectivity index (χ4v) is 3.53. The highest BCUT2D eigenvalue weighted by Gasteiger charge is 2.13. The molecule has 0 radical (unpaired) electrons. The van der Waals surface area contributed by atoms with E-state index in [1.54, 1.807) is 30.3 Å². The van der Waals surface area contributed by atoms with Gasteiger partial charge in [0.05, 0.1) is 15.8 Å². The molecule has 6 nitrogen and oxygen atoms in total. The summed E-state index contributed by atoms with van der Waals surface area (Å²) in [7, 11) is -3.40. The normalized spacial score (nSPS) is 11.4. The number of ether oxygens (including phenoxy) is 1. The Hall–Kier alpha value is -3.65. The van der Waals surface area contributed by atoms with Gasteiger partial charge in [0.15, 0.2) is 15.6 Å². The summed E-state index contributed by atoms with van der Waals surface area (Å²) in [5.41, 5.74) is 1.33. The van der Waals surface area contributed by atoms with Crippen LogP contribution in [0.4, 0.5) is 4.39 Å². The summed E-state index contributed by atoms with van der Waals surface area (Å²) < 4.78 is 42.5. The summed E-state index contributed by atoms with van der Waals surface area (Å²) in [5.74, 6) is -0.0447. The lowest BCUT2D eigenvalue weighted by Crippen LogP contribution is -2.01. The summed E-state index contributed by atoms with van der Waals surface area (Å²) in [6, 6.07) is 16.2. The number of hydrogen-bond acceptors (Lipinski definition) is 6. The molecular weight excluding hydrogens is 407 g/mol. The van der Waals surface area contributed by atoms with Gasteiger partial charge in [-0.2, -0.15) is 0 Å². The number of aromatic nitrogens is 2. The zero-order chi connectivity index (χ0) is 21.3. The Bertz CT molecular complexity index is 1350. The molecule has 30 heavy (non-hydrogen) atoms. The van der Waals surface area contributed by atoms with Gasteiger partial charge in [0.2, 0.25) is 5.88 Å². The van der Waals surface area contributed by atoms with Crippen molar-refractivity contribution in [2.75, 3.05) is 6.26 Å². The number of benzene rings is 3. The number of ketones is 1. The molecule has 0 atom stereocenters. The molecule has 3 aromatic carbocycles. The van der Waals surface area contributed by atoms with Gasteiger partial charge in [0.1, 0.15) is 17.9 Å². The maximum Gasteiger partial charge on any atom is 0.230 e. The van der Waals surface area contributed by atoms with E-state index in [0.29, 0.717) is 27.8 Å². The van der Waals surface area contributed by atoms with E-state index in [1.165, 1.54) is 42.7 Å². The van der Waals surface area contributed by atoms with Crippen LogP contribution in [-0.2, 0) is 9.84 Å². The molecular formula is C22H15FN2O4S. The first-order valence-corrected chi connectivity index (χ1v) is 10.7. The molecule has 0 aliphatic heterocycles. The van der Waals surface area contributed by atoms with Crippen molar-refractivity contribution in [1.82, 2.24) is 9.97 Å². The standard InChI is InChI=1S/C22H15FN2O4S/c1-30(27,28)18-10-11-20-19(12-18)22(25-13-24-20)29-17-8-4-15(5-9-17)21(26)14-2-6-16(23)7-3-14/h2-13H,1H3. The fourth-order valence-electron chi connectivity index (χ4n) is 2.88. The van der Waals surface area contributed by atoms with E-state index < -0.39 is 15.7 Å². The van der Waals surface area contributed by atoms with Crippen LogP contribution in [0, 0.1) is 5.82 Å². The first kappa shape index (κ1) is 19.7. The highest BCUT2D eigenvalue weighted by molar-refractivity contribution is 7.90. The Labute approximate surface area is 171 Å². The molecule has 0 spiro atoms. The Morgan fingerprint density at radius 3 is 2.17 bits per heavy atom. The molecule has 1 heterocycles. The number of hydrogen-bond donors (Lipinski definition) is 0. The zero-order valence-electron chi connectivity index (χ0n) is 15.7. The lowest BCUT2D eigenvalue weighted by Gasteiger charge is -2.09. The Balaban J connectivity index is 1.62. The minimum Gasteiger partial charge on any atom is -0.438 e. The second kappa shape index (κ2) is 7.64. The van der Waals surface area contributed by atoms with Crippen LogP contribution in [0.1, 0.15) is 15.9 Å². The summed E-state index contributed by atoms with van der Waals surface area (Å²) >= 11 is 0. The summed E-state index contributed by atoms with van der Waals surface area (Å²) in [6.07, 6.45) is 2.44. The predicted octanol–water partition coefficient (Wildman–Crippen LogP) is 4.20. The van der Waals surface area contributed by atoms with Gasteiger partial charge in [-0.1, -0.05) is 0 Å². The van der Waals surface area contributed by atoms with Crippen molar-refractivity contribution in [2.24, 2.45) is 0 Å². The van der Waals surface area contributed by atoms with E-state index in [9.17, 15) is 17.6 Å². The van der Waals surface area contributed by atoms with Crippen LogP contribution in [0.5, 0.6) is 11.6 Å². The number of nitrogens with zero attached hydrogens (tertiary/aromatic N) is 2. The van der Waals surface area contributed by atoms with Gasteiger partial charge in [0, 0.05) is 17.4 Å². The van der Waals surface area contributed by atoms with Gasteiger partial charge in [-0.15, -0.1) is 0 Å². The fraction of sp³-hybridized carbons (Fsp3) is 0.0455. The van der Waals surface area contributed by atoms with Crippen molar-refractivity contribution in [2.45, 2.75) is 4.90 Å². The molecule has 0 fully saturated rings. The maximum atomic E-state index is 13.0. The second-order valence-electron chi connectivity index (χ2n) is 6.59. The van der Waals surface area contributed by atoms with E-state index in [0.717, 1.165) is 6.26 Å². The van der Waals surface area contributed by atoms with Crippen LogP contribution in [-0.4, -0.2) is 30.4 Å². The number of fused-ring (bicyclic) bond motifs is 1. The number of carbonyl (C=O) groups excluding carboxylic acids is 1. The quantitative estimate of drug-likeness (QED) is 0.448. The van der Waals surface area contributed by atoms with E-state index in [4.69, 9.17) is 4.74 Å². The minimum absolute atomic E-state index is 0.134. The second-order valence-corrected chi connectivity index (χ2v) is 8.61. The van der Waals surface area contributed by atoms with Crippen molar-refractivity contribution in [1.29, 1.82) is 0 Å². The highest BCUT2D eigenvalue weighted by Crippen LogP contribution is 2.29. The molecule has 0 amide bonds. The largest absolute Gasteiger partial charge is 0.438 e. The monoisotopic (exact) mass is 422 g/mol. The molecule has 1 aromatic heterocycles. The van der Waals surface area contributed by atoms with Crippen LogP contribution in [0.15, 0.2) is 78.0 Å². The van der Waals surface area contributed by atoms with Crippen LogP contribution in [0.25, 0.3) is 10.9 Å². The molecule has 4 aromatic rings. The topological polar surface area (TPSA) is 86.2 Å². The molecule has 0 bridgehead atoms. The summed E-state index contributed by atoms with van der Waals surface area (Å²) in [6.45, 7) is 0. The zero-order valence-corrected chi connectivity index (χ0v) is 16.6. The number of carbonyl (C=O) groups is 1. The van der Waals surface area contributed by atoms with Gasteiger partial charge >= 0.3 is 0 Å². The first-order chi connectivity index (χ1) is 14.3. The van der Waals surface area contributed by atoms with Crippen LogP contribution in [0.3, 0.4) is 0 Å². The van der Waals surface area contributed by atoms with Crippen LogP contribution < -0.4 is 4.74 Å². The lowest BCUT2D eigenvalue weighted by atomic mass is 10.0. The summed E-state index contributed by atoms with van der Waals surface area (Å²) in [5, 5.41) is 0.451. The van der Waals surface area contributed by atoms with Crippen LogP contribution >= 0.6 is 0 Å². The van der Waals surface area contributed by atoms with Crippen molar-refractivity contribution in [3.05, 3.63) is 90.0 Å². The molecule has 0 unspecified atom stereocenters. The van der Waals surface area contributed by atoms with Crippen molar-refractivity contribution in [3.8, 4) is 11.6 Å². The number of rotatable bonds is 5. The molecule has 0 saturated carbocycles. The van der Waals surface area contributed by atoms with E-state index in [-0.39, 0.29) is 16.6 Å². The number of sulfone groups is 1. The van der Waals surface area contributed by atoms with Crippen molar-refractivity contribution >= 4 is 26.5 Å². The van der Waals surface area contributed by atoms with Gasteiger partial charge in [-0.05, 0) is 66.7 Å². The third-order valence-electron chi connectivity index (χ3n) is 4.44. The Morgan fingerprint density at radius 1 is 0.900 bits per heavy atom. The molecule has 0 aliphatic rings. The van der Waals surface area contributed by atoms with Crippen LogP contribution in [0.2, 0.25) is 0 Å². The average Bonchev–Trinajstić information content (AvgIpc) is 2.74. The minimum atomic E-state index is -3.40. The van der Waals surface area contributed by atoms with Crippen molar-refractivity contribution < 1.29 is 22.3 Å². The number of halogens is 1. The van der Waals surface area contributed by atoms with E-state index in [2.05, 4.69) is 9.97 Å². The molecule has 4 rings (SSSR count). The average molecular weight is 422 g/mol. The van der Waals surface area contributed by atoms with Gasteiger partial charge in [0.25, 0.3) is 0 Å². The lowest BCUT2D eigenvalue weighted by molar-refractivity contribution is 0.103. The molecule has 0 saturated heterocycles. The predicted molar refractivity (Wildman–Crippen MR) is 109 cm³/mol. The van der Waals surface area contributed by atoms with Gasteiger partial charge in [-0.25, -0.2) is 22.8 Å². The first-order valence-electron chi connectivity index (χ1n) is 8.84. The van der Waals surface area contributed by atoms with Gasteiger partial charge < -0.3 is 4.74 Å². The molecule has 150 valence electrons.